The van der Waals surface area contributed by atoms with Crippen LogP contribution in [-0.2, 0) is 6.54 Å². The van der Waals surface area contributed by atoms with Crippen LogP contribution in [0.25, 0.3) is 11.3 Å². The van der Waals surface area contributed by atoms with Gasteiger partial charge in [0.2, 0.25) is 0 Å². The average Bonchev–Trinajstić information content (AvgIpc) is 3.07. The van der Waals surface area contributed by atoms with Crippen LogP contribution in [0.15, 0.2) is 59.5 Å². The zero-order valence-electron chi connectivity index (χ0n) is 11.7. The third kappa shape index (κ3) is 2.95. The Labute approximate surface area is 126 Å². The monoisotopic (exact) mass is 294 g/mol. The molecule has 1 amide bonds. The second-order valence-electron chi connectivity index (χ2n) is 4.75. The third-order valence-corrected chi connectivity index (χ3v) is 3.24. The van der Waals surface area contributed by atoms with Crippen LogP contribution in [-0.4, -0.2) is 21.1 Å². The Morgan fingerprint density at radius 3 is 2.59 bits per heavy atom. The molecule has 110 valence electrons. The summed E-state index contributed by atoms with van der Waals surface area (Å²) in [6, 6.07) is 14.5. The smallest absolute Gasteiger partial charge is 0.261 e. The van der Waals surface area contributed by atoms with Crippen molar-refractivity contribution in [3.8, 4) is 11.3 Å². The first-order valence-electron chi connectivity index (χ1n) is 6.79. The number of nitrogens with zero attached hydrogens (tertiary/aromatic N) is 1. The normalized spacial score (nSPS) is 10.4. The molecule has 3 aromatic rings. The number of pyridine rings is 1. The summed E-state index contributed by atoms with van der Waals surface area (Å²) in [4.78, 5) is 26.9. The molecule has 3 N–H and O–H groups in total. The van der Waals surface area contributed by atoms with Crippen LogP contribution < -0.4 is 10.9 Å². The van der Waals surface area contributed by atoms with Crippen LogP contribution in [0.3, 0.4) is 0 Å². The maximum atomic E-state index is 12.1. The summed E-state index contributed by atoms with van der Waals surface area (Å²) in [5.41, 5.74) is 2.01. The van der Waals surface area contributed by atoms with Gasteiger partial charge in [0.05, 0.1) is 12.2 Å². The first-order valence-corrected chi connectivity index (χ1v) is 6.79. The van der Waals surface area contributed by atoms with Crippen LogP contribution >= 0.6 is 0 Å². The Kier molecular flexibility index (Phi) is 3.82. The number of aromatic nitrogens is 3. The molecule has 2 aromatic heterocycles. The number of H-pyrrole nitrogens is 2. The molecule has 0 aliphatic heterocycles. The van der Waals surface area contributed by atoms with E-state index in [1.807, 2.05) is 30.3 Å². The Hall–Kier alpha value is -3.15. The molecule has 0 unspecified atom stereocenters. The van der Waals surface area contributed by atoms with Crippen LogP contribution in [0, 0.1) is 0 Å². The molecule has 0 fully saturated rings. The highest BCUT2D eigenvalue weighted by molar-refractivity contribution is 5.94. The Morgan fingerprint density at radius 2 is 1.91 bits per heavy atom. The molecule has 22 heavy (non-hydrogen) atoms. The van der Waals surface area contributed by atoms with Crippen molar-refractivity contribution in [2.45, 2.75) is 6.54 Å². The second-order valence-corrected chi connectivity index (χ2v) is 4.75. The van der Waals surface area contributed by atoms with Crippen molar-refractivity contribution < 1.29 is 4.79 Å². The molecule has 0 saturated heterocycles. The van der Waals surface area contributed by atoms with Gasteiger partial charge in [-0.15, -0.1) is 0 Å². The number of nitrogens with one attached hydrogen (secondary N) is 3. The second kappa shape index (κ2) is 6.09. The van der Waals surface area contributed by atoms with Crippen molar-refractivity contribution in [1.82, 2.24) is 20.5 Å². The molecule has 0 aliphatic carbocycles. The molecule has 6 nitrogen and oxygen atoms in total. The zero-order valence-corrected chi connectivity index (χ0v) is 11.7. The number of aromatic amines is 2. The summed E-state index contributed by atoms with van der Waals surface area (Å²) >= 11 is 0. The van der Waals surface area contributed by atoms with Crippen molar-refractivity contribution in [2.24, 2.45) is 0 Å². The van der Waals surface area contributed by atoms with Crippen molar-refractivity contribution in [3.63, 3.8) is 0 Å². The summed E-state index contributed by atoms with van der Waals surface area (Å²) in [6.07, 6.45) is 1.60. The van der Waals surface area contributed by atoms with E-state index in [0.717, 1.165) is 11.3 Å². The number of carbonyl (C=O) groups excluding carboxylic acids is 1. The van der Waals surface area contributed by atoms with E-state index in [9.17, 15) is 9.59 Å². The SMILES string of the molecule is O=C(NCc1ccn[nH]1)c1ccc(-c2ccccc2)[nH]c1=O. The summed E-state index contributed by atoms with van der Waals surface area (Å²) in [5.74, 6) is -0.421. The minimum Gasteiger partial charge on any atom is -0.346 e. The van der Waals surface area contributed by atoms with Crippen molar-refractivity contribution in [2.75, 3.05) is 0 Å². The molecule has 0 bridgehead atoms. The highest BCUT2D eigenvalue weighted by Crippen LogP contribution is 2.14. The van der Waals surface area contributed by atoms with Crippen LogP contribution in [0.2, 0.25) is 0 Å². The van der Waals surface area contributed by atoms with E-state index >= 15 is 0 Å². The highest BCUT2D eigenvalue weighted by Gasteiger charge is 2.11. The van der Waals surface area contributed by atoms with Gasteiger partial charge in [-0.3, -0.25) is 14.7 Å². The third-order valence-electron chi connectivity index (χ3n) is 3.24. The van der Waals surface area contributed by atoms with Crippen molar-refractivity contribution >= 4 is 5.91 Å². The standard InChI is InChI=1S/C16H14N4O2/c21-15(17-10-12-8-9-18-20-12)13-6-7-14(19-16(13)22)11-4-2-1-3-5-11/h1-9H,10H2,(H,17,21)(H,18,20)(H,19,22). The van der Waals surface area contributed by atoms with Crippen LogP contribution in [0.5, 0.6) is 0 Å². The highest BCUT2D eigenvalue weighted by atomic mass is 16.2. The van der Waals surface area contributed by atoms with Crippen LogP contribution in [0.4, 0.5) is 0 Å². The molecule has 0 saturated carbocycles. The maximum Gasteiger partial charge on any atom is 0.261 e. The van der Waals surface area contributed by atoms with Gasteiger partial charge in [-0.25, -0.2) is 0 Å². The molecule has 3 rings (SSSR count). The number of carbonyl (C=O) groups is 1. The predicted octanol–water partition coefficient (Wildman–Crippen LogP) is 1.69. The lowest BCUT2D eigenvalue weighted by Crippen LogP contribution is -2.29. The molecule has 6 heteroatoms. The molecule has 0 spiro atoms. The van der Waals surface area contributed by atoms with Crippen molar-refractivity contribution in [3.05, 3.63) is 76.3 Å². The van der Waals surface area contributed by atoms with Gasteiger partial charge in [-0.2, -0.15) is 5.10 Å². The van der Waals surface area contributed by atoms with Gasteiger partial charge in [-0.1, -0.05) is 30.3 Å². The number of hydrogen-bond donors (Lipinski definition) is 3. The summed E-state index contributed by atoms with van der Waals surface area (Å²) in [6.45, 7) is 0.290. The Balaban J connectivity index is 1.77. The summed E-state index contributed by atoms with van der Waals surface area (Å²) < 4.78 is 0. The fraction of sp³-hybridized carbons (Fsp3) is 0.0625. The minimum absolute atomic E-state index is 0.0826. The average molecular weight is 294 g/mol. The zero-order chi connectivity index (χ0) is 15.4. The number of hydrogen-bond acceptors (Lipinski definition) is 3. The van der Waals surface area contributed by atoms with Crippen molar-refractivity contribution in [1.29, 1.82) is 0 Å². The molecule has 1 aromatic carbocycles. The van der Waals surface area contributed by atoms with E-state index in [1.165, 1.54) is 6.07 Å². The molecular formula is C16H14N4O2. The molecule has 0 aliphatic rings. The topological polar surface area (TPSA) is 90.6 Å². The fourth-order valence-corrected chi connectivity index (χ4v) is 2.09. The lowest BCUT2D eigenvalue weighted by molar-refractivity contribution is 0.0949. The fourth-order valence-electron chi connectivity index (χ4n) is 2.09. The van der Waals surface area contributed by atoms with E-state index in [1.54, 1.807) is 18.3 Å². The summed E-state index contributed by atoms with van der Waals surface area (Å²) in [5, 5.41) is 9.20. The summed E-state index contributed by atoms with van der Waals surface area (Å²) in [7, 11) is 0. The minimum atomic E-state index is -0.421. The molecule has 0 atom stereocenters. The van der Waals surface area contributed by atoms with E-state index in [-0.39, 0.29) is 5.56 Å². The molecular weight excluding hydrogens is 280 g/mol. The molecule has 2 heterocycles. The van der Waals surface area contributed by atoms with Gasteiger partial charge >= 0.3 is 0 Å². The molecule has 0 radical (unpaired) electrons. The van der Waals surface area contributed by atoms with E-state index in [2.05, 4.69) is 20.5 Å². The first-order chi connectivity index (χ1) is 10.7. The Morgan fingerprint density at radius 1 is 1.09 bits per heavy atom. The first kappa shape index (κ1) is 13.8. The van der Waals surface area contributed by atoms with Gasteiger partial charge in [0.15, 0.2) is 0 Å². The van der Waals surface area contributed by atoms with E-state index in [4.69, 9.17) is 0 Å². The largest absolute Gasteiger partial charge is 0.346 e. The number of rotatable bonds is 4. The van der Waals surface area contributed by atoms with Crippen LogP contribution in [0.1, 0.15) is 16.1 Å². The van der Waals surface area contributed by atoms with E-state index in [0.29, 0.717) is 12.2 Å². The maximum absolute atomic E-state index is 12.1. The Bertz CT molecular complexity index is 823. The lowest BCUT2D eigenvalue weighted by atomic mass is 10.1. The van der Waals surface area contributed by atoms with E-state index < -0.39 is 11.5 Å². The van der Waals surface area contributed by atoms with Gasteiger partial charge < -0.3 is 10.3 Å². The van der Waals surface area contributed by atoms with Gasteiger partial charge in [-0.05, 0) is 23.8 Å². The number of benzene rings is 1. The van der Waals surface area contributed by atoms with Gasteiger partial charge in [0.25, 0.3) is 11.5 Å². The quantitative estimate of drug-likeness (QED) is 0.684. The number of amides is 1. The predicted molar refractivity (Wildman–Crippen MR) is 82.3 cm³/mol. The van der Waals surface area contributed by atoms with Gasteiger partial charge in [0, 0.05) is 11.9 Å². The lowest BCUT2D eigenvalue weighted by Gasteiger charge is -2.05. The van der Waals surface area contributed by atoms with Gasteiger partial charge in [0.1, 0.15) is 5.56 Å².